The van der Waals surface area contributed by atoms with Crippen molar-refractivity contribution in [2.75, 3.05) is 16.6 Å². The molecule has 0 fully saturated rings. The lowest BCUT2D eigenvalue weighted by molar-refractivity contribution is 0.588. The summed E-state index contributed by atoms with van der Waals surface area (Å²) in [6.45, 7) is 3.81. The van der Waals surface area contributed by atoms with E-state index in [2.05, 4.69) is 31.8 Å². The third-order valence-corrected chi connectivity index (χ3v) is 5.84. The van der Waals surface area contributed by atoms with Gasteiger partial charge < -0.3 is 5.73 Å². The van der Waals surface area contributed by atoms with E-state index < -0.39 is 10.0 Å². The molecule has 0 amide bonds. The van der Waals surface area contributed by atoms with Crippen LogP contribution in [-0.2, 0) is 16.6 Å². The molecule has 11 heteroatoms. The number of aromatic nitrogens is 6. The van der Waals surface area contributed by atoms with Crippen molar-refractivity contribution in [2.24, 2.45) is 0 Å². The van der Waals surface area contributed by atoms with Gasteiger partial charge in [0.25, 0.3) is 10.0 Å². The average Bonchev–Trinajstić information content (AvgIpc) is 3.38. The van der Waals surface area contributed by atoms with E-state index in [4.69, 9.17) is 5.73 Å². The number of nitrogen functional groups attached to an aromatic ring is 1. The fraction of sp³-hybridized carbons (Fsp3) is 0.111. The summed E-state index contributed by atoms with van der Waals surface area (Å²) in [6.07, 6.45) is 4.67. The number of aromatic amines is 1. The van der Waals surface area contributed by atoms with Crippen molar-refractivity contribution < 1.29 is 8.42 Å². The van der Waals surface area contributed by atoms with E-state index in [1.807, 2.05) is 6.07 Å². The molecule has 0 bridgehead atoms. The van der Waals surface area contributed by atoms with Crippen molar-refractivity contribution in [1.29, 1.82) is 0 Å². The van der Waals surface area contributed by atoms with E-state index in [9.17, 15) is 8.42 Å². The lowest BCUT2D eigenvalue weighted by atomic mass is 10.2. The van der Waals surface area contributed by atoms with Gasteiger partial charge in [-0.05, 0) is 12.1 Å². The molecule has 29 heavy (non-hydrogen) atoms. The average molecular weight is 410 g/mol. The van der Waals surface area contributed by atoms with E-state index >= 15 is 0 Å². The first-order chi connectivity index (χ1) is 14.0. The lowest BCUT2D eigenvalue weighted by Crippen LogP contribution is -2.32. The first kappa shape index (κ1) is 18.6. The molecule has 0 spiro atoms. The van der Waals surface area contributed by atoms with Crippen molar-refractivity contribution in [3.8, 4) is 11.3 Å². The Morgan fingerprint density at radius 3 is 2.72 bits per heavy atom. The molecule has 0 unspecified atom stereocenters. The third kappa shape index (κ3) is 3.43. The molecule has 148 valence electrons. The van der Waals surface area contributed by atoms with Crippen LogP contribution in [0.5, 0.6) is 0 Å². The Morgan fingerprint density at radius 2 is 2.03 bits per heavy atom. The standard InChI is InChI=1S/C18H18N8O2S/c1-2-29(27,28)26(14-6-4-3-5-7-14)9-8-25-18-15(17(19)20-12-21-18)16(24-25)13-10-22-23-11-13/h2-7,10-12H,1,8-9H2,(H,22,23)(H2,19,20,21). The molecule has 0 aliphatic heterocycles. The fourth-order valence-electron chi connectivity index (χ4n) is 3.04. The number of rotatable bonds is 7. The van der Waals surface area contributed by atoms with Crippen LogP contribution in [0.1, 0.15) is 0 Å². The van der Waals surface area contributed by atoms with E-state index in [1.54, 1.807) is 41.3 Å². The molecular formula is C18H18N8O2S. The number of nitrogens with one attached hydrogen (secondary N) is 1. The molecule has 0 atom stereocenters. The zero-order chi connectivity index (χ0) is 20.4. The van der Waals surface area contributed by atoms with E-state index in [0.29, 0.717) is 22.4 Å². The molecule has 4 aromatic rings. The Bertz CT molecular complexity index is 1250. The summed E-state index contributed by atoms with van der Waals surface area (Å²) in [5.74, 6) is 0.288. The van der Waals surface area contributed by atoms with Crippen LogP contribution in [0.25, 0.3) is 22.3 Å². The quantitative estimate of drug-likeness (QED) is 0.474. The Morgan fingerprint density at radius 1 is 1.24 bits per heavy atom. The number of hydrogen-bond donors (Lipinski definition) is 2. The van der Waals surface area contributed by atoms with Gasteiger partial charge in [0.1, 0.15) is 17.8 Å². The van der Waals surface area contributed by atoms with Gasteiger partial charge in [-0.25, -0.2) is 23.1 Å². The summed E-state index contributed by atoms with van der Waals surface area (Å²) in [5.41, 5.74) is 8.41. The third-order valence-electron chi connectivity index (χ3n) is 4.41. The van der Waals surface area contributed by atoms with Crippen LogP contribution >= 0.6 is 0 Å². The molecule has 1 aromatic carbocycles. The minimum atomic E-state index is -3.70. The molecule has 0 saturated carbocycles. The highest BCUT2D eigenvalue weighted by Gasteiger charge is 2.22. The number of benzene rings is 1. The minimum absolute atomic E-state index is 0.129. The monoisotopic (exact) mass is 410 g/mol. The fourth-order valence-corrected chi connectivity index (χ4v) is 3.97. The van der Waals surface area contributed by atoms with Gasteiger partial charge in [0.2, 0.25) is 0 Å². The SMILES string of the molecule is C=CS(=O)(=O)N(CCn1nc(-c2cn[nH]c2)c2c(N)ncnc21)c1ccccc1. The molecule has 3 heterocycles. The molecule has 0 saturated heterocycles. The number of nitrogens with zero attached hydrogens (tertiary/aromatic N) is 6. The predicted molar refractivity (Wildman–Crippen MR) is 110 cm³/mol. The number of H-pyrrole nitrogens is 1. The number of para-hydroxylation sites is 1. The zero-order valence-corrected chi connectivity index (χ0v) is 16.1. The van der Waals surface area contributed by atoms with Crippen molar-refractivity contribution >= 4 is 32.6 Å². The number of nitrogens with two attached hydrogens (primary N) is 1. The summed E-state index contributed by atoms with van der Waals surface area (Å²) in [4.78, 5) is 8.35. The van der Waals surface area contributed by atoms with Gasteiger partial charge >= 0.3 is 0 Å². The van der Waals surface area contributed by atoms with Crippen LogP contribution in [0, 0.1) is 0 Å². The van der Waals surface area contributed by atoms with Crippen LogP contribution < -0.4 is 10.0 Å². The van der Waals surface area contributed by atoms with Crippen molar-refractivity contribution in [3.63, 3.8) is 0 Å². The molecule has 0 aliphatic rings. The van der Waals surface area contributed by atoms with E-state index in [0.717, 1.165) is 11.0 Å². The van der Waals surface area contributed by atoms with Gasteiger partial charge in [0.15, 0.2) is 5.65 Å². The lowest BCUT2D eigenvalue weighted by Gasteiger charge is -2.22. The van der Waals surface area contributed by atoms with Gasteiger partial charge in [-0.15, -0.1) is 0 Å². The van der Waals surface area contributed by atoms with Gasteiger partial charge in [0, 0.05) is 17.2 Å². The smallest absolute Gasteiger partial charge is 0.256 e. The summed E-state index contributed by atoms with van der Waals surface area (Å²) in [6, 6.07) is 8.81. The topological polar surface area (TPSA) is 136 Å². The predicted octanol–water partition coefficient (Wildman–Crippen LogP) is 1.78. The minimum Gasteiger partial charge on any atom is -0.383 e. The van der Waals surface area contributed by atoms with Crippen LogP contribution in [-0.4, -0.2) is 44.9 Å². The second-order valence-corrected chi connectivity index (χ2v) is 7.94. The van der Waals surface area contributed by atoms with Crippen molar-refractivity contribution in [2.45, 2.75) is 6.54 Å². The molecule has 0 aliphatic carbocycles. The highest BCUT2D eigenvalue weighted by atomic mass is 32.2. The maximum Gasteiger partial charge on any atom is 0.256 e. The largest absolute Gasteiger partial charge is 0.383 e. The maximum absolute atomic E-state index is 12.6. The number of anilines is 2. The Hall–Kier alpha value is -3.73. The Balaban J connectivity index is 1.74. The molecule has 0 radical (unpaired) electrons. The van der Waals surface area contributed by atoms with Crippen LogP contribution in [0.4, 0.5) is 11.5 Å². The van der Waals surface area contributed by atoms with Gasteiger partial charge in [-0.1, -0.05) is 24.8 Å². The molecule has 4 rings (SSSR count). The highest BCUT2D eigenvalue weighted by molar-refractivity contribution is 7.95. The Kier molecular flexibility index (Phi) is 4.72. The Labute approximate surface area is 166 Å². The number of sulfonamides is 1. The maximum atomic E-state index is 12.6. The molecule has 3 aromatic heterocycles. The second kappa shape index (κ2) is 7.36. The van der Waals surface area contributed by atoms with Crippen molar-refractivity contribution in [3.05, 3.63) is 61.0 Å². The van der Waals surface area contributed by atoms with E-state index in [-0.39, 0.29) is 18.9 Å². The van der Waals surface area contributed by atoms with Gasteiger partial charge in [-0.3, -0.25) is 9.40 Å². The van der Waals surface area contributed by atoms with E-state index in [1.165, 1.54) is 10.6 Å². The number of fused-ring (bicyclic) bond motifs is 1. The van der Waals surface area contributed by atoms with Crippen LogP contribution in [0.2, 0.25) is 0 Å². The number of hydrogen-bond acceptors (Lipinski definition) is 7. The highest BCUT2D eigenvalue weighted by Crippen LogP contribution is 2.29. The van der Waals surface area contributed by atoms with Crippen LogP contribution in [0.3, 0.4) is 0 Å². The first-order valence-corrected chi connectivity index (χ1v) is 10.2. The van der Waals surface area contributed by atoms with Gasteiger partial charge in [0.05, 0.1) is 30.4 Å². The zero-order valence-electron chi connectivity index (χ0n) is 15.3. The summed E-state index contributed by atoms with van der Waals surface area (Å²) < 4.78 is 28.0. The second-order valence-electron chi connectivity index (χ2n) is 6.14. The normalized spacial score (nSPS) is 11.6. The van der Waals surface area contributed by atoms with Gasteiger partial charge in [-0.2, -0.15) is 10.2 Å². The van der Waals surface area contributed by atoms with Crippen LogP contribution in [0.15, 0.2) is 61.0 Å². The summed E-state index contributed by atoms with van der Waals surface area (Å²) in [5, 5.41) is 12.8. The summed E-state index contributed by atoms with van der Waals surface area (Å²) in [7, 11) is -3.70. The molecule has 3 N–H and O–H groups in total. The summed E-state index contributed by atoms with van der Waals surface area (Å²) >= 11 is 0. The molecular weight excluding hydrogens is 392 g/mol. The molecule has 10 nitrogen and oxygen atoms in total. The van der Waals surface area contributed by atoms with Crippen molar-refractivity contribution in [1.82, 2.24) is 29.9 Å². The first-order valence-electron chi connectivity index (χ1n) is 8.67.